The van der Waals surface area contributed by atoms with Crippen molar-refractivity contribution in [3.63, 3.8) is 0 Å². The number of carboxylic acid groups (broad SMARTS) is 1. The number of ether oxygens (including phenoxy) is 2. The van der Waals surface area contributed by atoms with Crippen LogP contribution in [-0.2, 0) is 16.1 Å². The second-order valence-corrected chi connectivity index (χ2v) is 7.00. The molecule has 3 heterocycles. The minimum Gasteiger partial charge on any atom is -0.494 e. The predicted octanol–water partition coefficient (Wildman–Crippen LogP) is 2.17. The van der Waals surface area contributed by atoms with Gasteiger partial charge in [-0.2, -0.15) is 0 Å². The number of pyridine rings is 1. The second kappa shape index (κ2) is 6.28. The summed E-state index contributed by atoms with van der Waals surface area (Å²) in [5, 5.41) is 10.8. The molecule has 2 aliphatic heterocycles. The summed E-state index contributed by atoms with van der Waals surface area (Å²) in [6.45, 7) is 2.89. The van der Waals surface area contributed by atoms with Gasteiger partial charge in [0.2, 0.25) is 0 Å². The highest BCUT2D eigenvalue weighted by molar-refractivity contribution is 5.84. The SMILES string of the molecule is COc1cccc2ccc(CN3C[C@@H]4CCOC[C@]4(C(=O)O)C3)nc12. The molecule has 1 aromatic carbocycles. The van der Waals surface area contributed by atoms with Crippen molar-refractivity contribution in [3.8, 4) is 5.75 Å². The van der Waals surface area contributed by atoms with Gasteiger partial charge in [0.05, 0.1) is 19.4 Å². The number of carboxylic acids is 1. The fraction of sp³-hybridized carbons (Fsp3) is 0.474. The molecule has 2 aliphatic rings. The van der Waals surface area contributed by atoms with E-state index in [-0.39, 0.29) is 5.92 Å². The van der Waals surface area contributed by atoms with Crippen molar-refractivity contribution in [3.05, 3.63) is 36.0 Å². The van der Waals surface area contributed by atoms with E-state index in [2.05, 4.69) is 4.90 Å². The number of methoxy groups -OCH3 is 1. The van der Waals surface area contributed by atoms with Crippen LogP contribution in [0.1, 0.15) is 12.1 Å². The topological polar surface area (TPSA) is 71.9 Å². The summed E-state index contributed by atoms with van der Waals surface area (Å²) in [4.78, 5) is 18.8. The molecule has 2 aromatic rings. The smallest absolute Gasteiger partial charge is 0.313 e. The molecule has 1 aromatic heterocycles. The van der Waals surface area contributed by atoms with Gasteiger partial charge in [0, 0.05) is 31.6 Å². The van der Waals surface area contributed by atoms with Crippen LogP contribution in [0.15, 0.2) is 30.3 Å². The maximum Gasteiger partial charge on any atom is 0.313 e. The lowest BCUT2D eigenvalue weighted by Crippen LogP contribution is -2.46. The fourth-order valence-electron chi connectivity index (χ4n) is 4.16. The van der Waals surface area contributed by atoms with Crippen LogP contribution < -0.4 is 4.74 Å². The lowest BCUT2D eigenvalue weighted by molar-refractivity contribution is -0.159. The van der Waals surface area contributed by atoms with Gasteiger partial charge in [0.1, 0.15) is 16.7 Å². The van der Waals surface area contributed by atoms with Crippen LogP contribution in [0, 0.1) is 11.3 Å². The molecule has 0 aliphatic carbocycles. The Morgan fingerprint density at radius 3 is 3.08 bits per heavy atom. The number of hydrogen-bond acceptors (Lipinski definition) is 5. The van der Waals surface area contributed by atoms with E-state index in [0.717, 1.165) is 35.3 Å². The predicted molar refractivity (Wildman–Crippen MR) is 92.6 cm³/mol. The van der Waals surface area contributed by atoms with Gasteiger partial charge in [-0.3, -0.25) is 9.69 Å². The monoisotopic (exact) mass is 342 g/mol. The zero-order valence-corrected chi connectivity index (χ0v) is 14.3. The average Bonchev–Trinajstić information content (AvgIpc) is 3.00. The zero-order valence-electron chi connectivity index (χ0n) is 14.3. The van der Waals surface area contributed by atoms with E-state index in [1.807, 2.05) is 30.3 Å². The fourth-order valence-corrected chi connectivity index (χ4v) is 4.16. The molecular weight excluding hydrogens is 320 g/mol. The average molecular weight is 342 g/mol. The molecule has 2 fully saturated rings. The van der Waals surface area contributed by atoms with Crippen LogP contribution in [0.5, 0.6) is 5.75 Å². The van der Waals surface area contributed by atoms with Gasteiger partial charge >= 0.3 is 5.97 Å². The number of aliphatic carboxylic acids is 1. The minimum atomic E-state index is -0.771. The standard InChI is InChI=1S/C19H22N2O4/c1-24-16-4-2-3-13-5-6-15(20-17(13)16)10-21-9-14-7-8-25-12-19(14,11-21)18(22)23/h2-6,14H,7-12H2,1H3,(H,22,23)/t14-,19+/m0/s1. The molecule has 25 heavy (non-hydrogen) atoms. The van der Waals surface area contributed by atoms with Crippen molar-refractivity contribution >= 4 is 16.9 Å². The number of para-hydroxylation sites is 1. The number of carbonyl (C=O) groups is 1. The first-order valence-electron chi connectivity index (χ1n) is 8.58. The Kier molecular flexibility index (Phi) is 4.09. The number of likely N-dealkylation sites (tertiary alicyclic amines) is 1. The maximum absolute atomic E-state index is 11.9. The van der Waals surface area contributed by atoms with E-state index in [0.29, 0.717) is 26.3 Å². The van der Waals surface area contributed by atoms with Crippen molar-refractivity contribution in [2.24, 2.45) is 11.3 Å². The number of benzene rings is 1. The summed E-state index contributed by atoms with van der Waals surface area (Å²) in [5.74, 6) is 0.159. The Morgan fingerprint density at radius 2 is 2.32 bits per heavy atom. The van der Waals surface area contributed by atoms with Gasteiger partial charge in [-0.05, 0) is 24.5 Å². The first kappa shape index (κ1) is 16.3. The van der Waals surface area contributed by atoms with Crippen LogP contribution in [0.25, 0.3) is 10.9 Å². The van der Waals surface area contributed by atoms with Gasteiger partial charge in [0.25, 0.3) is 0 Å². The molecule has 132 valence electrons. The number of nitrogens with zero attached hydrogens (tertiary/aromatic N) is 2. The highest BCUT2D eigenvalue weighted by Crippen LogP contribution is 2.42. The summed E-state index contributed by atoms with van der Waals surface area (Å²) in [5.41, 5.74) is 1.000. The first-order valence-corrected chi connectivity index (χ1v) is 8.58. The molecule has 0 unspecified atom stereocenters. The van der Waals surface area contributed by atoms with E-state index >= 15 is 0 Å². The minimum absolute atomic E-state index is 0.147. The zero-order chi connectivity index (χ0) is 17.4. The quantitative estimate of drug-likeness (QED) is 0.918. The van der Waals surface area contributed by atoms with E-state index in [4.69, 9.17) is 14.5 Å². The molecule has 0 spiro atoms. The van der Waals surface area contributed by atoms with E-state index < -0.39 is 11.4 Å². The lowest BCUT2D eigenvalue weighted by Gasteiger charge is -2.34. The Hall–Kier alpha value is -2.18. The molecule has 0 radical (unpaired) electrons. The van der Waals surface area contributed by atoms with E-state index in [1.165, 1.54) is 0 Å². The summed E-state index contributed by atoms with van der Waals surface area (Å²) < 4.78 is 10.9. The van der Waals surface area contributed by atoms with Gasteiger partial charge in [-0.15, -0.1) is 0 Å². The van der Waals surface area contributed by atoms with Crippen molar-refractivity contribution in [2.75, 3.05) is 33.4 Å². The largest absolute Gasteiger partial charge is 0.494 e. The lowest BCUT2D eigenvalue weighted by atomic mass is 9.76. The molecule has 0 bridgehead atoms. The highest BCUT2D eigenvalue weighted by Gasteiger charge is 2.53. The number of aromatic nitrogens is 1. The highest BCUT2D eigenvalue weighted by atomic mass is 16.5. The summed E-state index contributed by atoms with van der Waals surface area (Å²) >= 11 is 0. The third kappa shape index (κ3) is 2.75. The number of rotatable bonds is 4. The van der Waals surface area contributed by atoms with Gasteiger partial charge in [-0.25, -0.2) is 4.98 Å². The molecule has 4 rings (SSSR count). The summed E-state index contributed by atoms with van der Waals surface area (Å²) in [7, 11) is 1.64. The van der Waals surface area contributed by atoms with Crippen LogP contribution in [0.4, 0.5) is 0 Å². The van der Waals surface area contributed by atoms with Gasteiger partial charge < -0.3 is 14.6 Å². The van der Waals surface area contributed by atoms with Crippen molar-refractivity contribution < 1.29 is 19.4 Å². The first-order chi connectivity index (χ1) is 12.1. The van der Waals surface area contributed by atoms with Crippen LogP contribution in [0.2, 0.25) is 0 Å². The molecule has 0 saturated carbocycles. The Morgan fingerprint density at radius 1 is 1.44 bits per heavy atom. The molecule has 1 N–H and O–H groups in total. The van der Waals surface area contributed by atoms with Crippen LogP contribution in [-0.4, -0.2) is 54.4 Å². The Bertz CT molecular complexity index is 809. The summed E-state index contributed by atoms with van der Waals surface area (Å²) in [6, 6.07) is 9.91. The Labute approximate surface area is 146 Å². The number of fused-ring (bicyclic) bond motifs is 2. The van der Waals surface area contributed by atoms with Gasteiger partial charge in [-0.1, -0.05) is 18.2 Å². The molecule has 0 amide bonds. The molecular formula is C19H22N2O4. The van der Waals surface area contributed by atoms with Crippen LogP contribution >= 0.6 is 0 Å². The molecule has 2 atom stereocenters. The Balaban J connectivity index is 1.58. The third-order valence-corrected chi connectivity index (χ3v) is 5.51. The van der Waals surface area contributed by atoms with E-state index in [1.54, 1.807) is 7.11 Å². The second-order valence-electron chi connectivity index (χ2n) is 7.00. The number of hydrogen-bond donors (Lipinski definition) is 1. The maximum atomic E-state index is 11.9. The molecule has 6 nitrogen and oxygen atoms in total. The third-order valence-electron chi connectivity index (χ3n) is 5.51. The van der Waals surface area contributed by atoms with Gasteiger partial charge in [0.15, 0.2) is 0 Å². The molecule has 6 heteroatoms. The van der Waals surface area contributed by atoms with Crippen molar-refractivity contribution in [2.45, 2.75) is 13.0 Å². The summed E-state index contributed by atoms with van der Waals surface area (Å²) in [6.07, 6.45) is 0.807. The van der Waals surface area contributed by atoms with Crippen LogP contribution in [0.3, 0.4) is 0 Å². The normalized spacial score (nSPS) is 26.5. The van der Waals surface area contributed by atoms with Crippen molar-refractivity contribution in [1.29, 1.82) is 0 Å². The van der Waals surface area contributed by atoms with Crippen molar-refractivity contribution in [1.82, 2.24) is 9.88 Å². The molecule has 2 saturated heterocycles. The van der Waals surface area contributed by atoms with E-state index in [9.17, 15) is 9.90 Å².